The van der Waals surface area contributed by atoms with Crippen molar-refractivity contribution in [3.63, 3.8) is 0 Å². The van der Waals surface area contributed by atoms with Crippen LogP contribution in [0.2, 0.25) is 0 Å². The molecule has 0 saturated carbocycles. The third-order valence-electron chi connectivity index (χ3n) is 1.40. The van der Waals surface area contributed by atoms with E-state index in [0.717, 1.165) is 0 Å². The predicted molar refractivity (Wildman–Crippen MR) is 50.1 cm³/mol. The molecule has 0 spiro atoms. The van der Waals surface area contributed by atoms with E-state index < -0.39 is 34.8 Å². The number of hydrogen-bond acceptors (Lipinski definition) is 6. The van der Waals surface area contributed by atoms with Gasteiger partial charge in [-0.05, 0) is 22.6 Å². The van der Waals surface area contributed by atoms with Crippen LogP contribution in [0, 0.1) is 0 Å². The molecule has 0 aliphatic rings. The second-order valence-electron chi connectivity index (χ2n) is 2.41. The molecule has 4 atom stereocenters. The molecule has 0 aliphatic heterocycles. The van der Waals surface area contributed by atoms with Gasteiger partial charge in [-0.25, -0.2) is 0 Å². The van der Waals surface area contributed by atoms with Crippen molar-refractivity contribution in [2.75, 3.05) is 6.61 Å². The van der Waals surface area contributed by atoms with Gasteiger partial charge in [0.25, 0.3) is 0 Å². The average Bonchev–Trinajstić information content (AvgIpc) is 2.12. The number of rotatable bonds is 5. The summed E-state index contributed by atoms with van der Waals surface area (Å²) in [7, 11) is 0. The van der Waals surface area contributed by atoms with Crippen molar-refractivity contribution in [3.05, 3.63) is 0 Å². The van der Waals surface area contributed by atoms with Gasteiger partial charge in [0.15, 0.2) is 5.78 Å². The summed E-state index contributed by atoms with van der Waals surface area (Å²) in [6, 6.07) is 0. The highest BCUT2D eigenvalue weighted by Gasteiger charge is 2.32. The summed E-state index contributed by atoms with van der Waals surface area (Å²) in [5.74, 6) is -1.12. The molecule has 1 unspecified atom stereocenters. The SMILES string of the molecule is O=C([C@@H](O)C(O)I)[C@@H](O)[C@H](O)CO. The molecule has 0 heterocycles. The molecule has 0 aromatic carbocycles. The lowest BCUT2D eigenvalue weighted by atomic mass is 10.1. The molecule has 13 heavy (non-hydrogen) atoms. The largest absolute Gasteiger partial charge is 0.394 e. The number of Topliss-reactive ketones (excluding diaryl/α,β-unsaturated/α-hetero) is 1. The van der Waals surface area contributed by atoms with E-state index >= 15 is 0 Å². The zero-order valence-electron chi connectivity index (χ0n) is 6.54. The van der Waals surface area contributed by atoms with Crippen molar-refractivity contribution in [1.29, 1.82) is 0 Å². The summed E-state index contributed by atoms with van der Waals surface area (Å²) in [6.45, 7) is -0.795. The first-order chi connectivity index (χ1) is 5.91. The summed E-state index contributed by atoms with van der Waals surface area (Å²) in [4.78, 5) is 10.9. The Morgan fingerprint density at radius 3 is 1.92 bits per heavy atom. The molecule has 0 rings (SSSR count). The van der Waals surface area contributed by atoms with E-state index in [2.05, 4.69) is 0 Å². The molecule has 78 valence electrons. The minimum Gasteiger partial charge on any atom is -0.394 e. The van der Waals surface area contributed by atoms with Gasteiger partial charge in [-0.1, -0.05) is 0 Å². The van der Waals surface area contributed by atoms with Crippen LogP contribution in [0.5, 0.6) is 0 Å². The number of hydrogen-bond donors (Lipinski definition) is 5. The third-order valence-corrected chi connectivity index (χ3v) is 2.08. The second-order valence-corrected chi connectivity index (χ2v) is 3.69. The number of aliphatic hydroxyl groups is 5. The summed E-state index contributed by atoms with van der Waals surface area (Å²) in [6.07, 6.45) is -5.29. The molecular formula is C6H11IO6. The first-order valence-corrected chi connectivity index (χ1v) is 4.67. The number of carbonyl (C=O) groups excluding carboxylic acids is 1. The van der Waals surface area contributed by atoms with E-state index in [1.807, 2.05) is 0 Å². The number of aliphatic hydroxyl groups excluding tert-OH is 5. The van der Waals surface area contributed by atoms with Crippen molar-refractivity contribution in [2.24, 2.45) is 0 Å². The minimum atomic E-state index is -1.88. The molecule has 0 radical (unpaired) electrons. The normalized spacial score (nSPS) is 20.5. The maximum Gasteiger partial charge on any atom is 0.195 e. The van der Waals surface area contributed by atoms with E-state index in [-0.39, 0.29) is 0 Å². The van der Waals surface area contributed by atoms with Crippen LogP contribution in [0.4, 0.5) is 0 Å². The highest BCUT2D eigenvalue weighted by molar-refractivity contribution is 14.1. The average molecular weight is 306 g/mol. The summed E-state index contributed by atoms with van der Waals surface area (Å²) in [5.41, 5.74) is 0. The van der Waals surface area contributed by atoms with Gasteiger partial charge in [0.2, 0.25) is 0 Å². The molecule has 0 bridgehead atoms. The second kappa shape index (κ2) is 5.83. The Labute approximate surface area is 88.0 Å². The summed E-state index contributed by atoms with van der Waals surface area (Å²) in [5, 5.41) is 43.9. The number of halogens is 1. The zero-order valence-corrected chi connectivity index (χ0v) is 8.70. The van der Waals surface area contributed by atoms with Gasteiger partial charge in [0, 0.05) is 0 Å². The fourth-order valence-electron chi connectivity index (χ4n) is 0.600. The van der Waals surface area contributed by atoms with Gasteiger partial charge in [-0.15, -0.1) is 0 Å². The van der Waals surface area contributed by atoms with Gasteiger partial charge < -0.3 is 25.5 Å². The first-order valence-electron chi connectivity index (χ1n) is 3.42. The fraction of sp³-hybridized carbons (Fsp3) is 0.833. The van der Waals surface area contributed by atoms with E-state index in [4.69, 9.17) is 25.5 Å². The Kier molecular flexibility index (Phi) is 5.92. The zero-order chi connectivity index (χ0) is 10.6. The Balaban J connectivity index is 4.25. The highest BCUT2D eigenvalue weighted by Crippen LogP contribution is 2.07. The van der Waals surface area contributed by atoms with Crippen molar-refractivity contribution in [1.82, 2.24) is 0 Å². The van der Waals surface area contributed by atoms with Crippen LogP contribution in [0.3, 0.4) is 0 Å². The number of alkyl halides is 1. The van der Waals surface area contributed by atoms with Crippen molar-refractivity contribution < 1.29 is 30.3 Å². The van der Waals surface area contributed by atoms with E-state index in [1.165, 1.54) is 22.6 Å². The molecule has 7 heteroatoms. The van der Waals surface area contributed by atoms with Gasteiger partial charge in [0.1, 0.15) is 22.4 Å². The van der Waals surface area contributed by atoms with Crippen LogP contribution >= 0.6 is 22.6 Å². The maximum atomic E-state index is 10.9. The Hall–Kier alpha value is 0.200. The third kappa shape index (κ3) is 3.83. The van der Waals surface area contributed by atoms with Gasteiger partial charge in [-0.3, -0.25) is 4.79 Å². The van der Waals surface area contributed by atoms with Gasteiger partial charge in [-0.2, -0.15) is 0 Å². The Bertz CT molecular complexity index is 173. The van der Waals surface area contributed by atoms with E-state index in [1.54, 1.807) is 0 Å². The number of ketones is 1. The standard InChI is InChI=1S/C6H11IO6/c7-6(13)5(12)4(11)3(10)2(9)1-8/h2-3,5-6,8-10,12-13H,1H2/t2-,3+,5-,6?/m1/s1. The molecule has 0 amide bonds. The molecule has 0 aromatic rings. The Morgan fingerprint density at radius 2 is 1.62 bits per heavy atom. The molecule has 0 saturated heterocycles. The first kappa shape index (κ1) is 13.2. The van der Waals surface area contributed by atoms with E-state index in [0.29, 0.717) is 0 Å². The van der Waals surface area contributed by atoms with Gasteiger partial charge in [0.05, 0.1) is 6.61 Å². The molecule has 6 nitrogen and oxygen atoms in total. The molecule has 0 aromatic heterocycles. The molecule has 0 fully saturated rings. The van der Waals surface area contributed by atoms with Crippen molar-refractivity contribution in [3.8, 4) is 0 Å². The lowest BCUT2D eigenvalue weighted by Gasteiger charge is -2.18. The minimum absolute atomic E-state index is 0.795. The predicted octanol–water partition coefficient (Wildman–Crippen LogP) is -2.62. The highest BCUT2D eigenvalue weighted by atomic mass is 127. The van der Waals surface area contributed by atoms with Crippen molar-refractivity contribution in [2.45, 2.75) is 22.4 Å². The van der Waals surface area contributed by atoms with Crippen LogP contribution in [0.25, 0.3) is 0 Å². The molecular weight excluding hydrogens is 295 g/mol. The topological polar surface area (TPSA) is 118 Å². The van der Waals surface area contributed by atoms with Crippen LogP contribution in [0.15, 0.2) is 0 Å². The molecule has 5 N–H and O–H groups in total. The number of carbonyl (C=O) groups is 1. The smallest absolute Gasteiger partial charge is 0.195 e. The van der Waals surface area contributed by atoms with Crippen LogP contribution in [0.1, 0.15) is 0 Å². The van der Waals surface area contributed by atoms with Crippen LogP contribution in [-0.4, -0.2) is 60.3 Å². The Morgan fingerprint density at radius 1 is 1.15 bits per heavy atom. The fourth-order valence-corrected chi connectivity index (χ4v) is 0.954. The molecule has 0 aliphatic carbocycles. The monoisotopic (exact) mass is 306 g/mol. The van der Waals surface area contributed by atoms with E-state index in [9.17, 15) is 4.79 Å². The van der Waals surface area contributed by atoms with Crippen molar-refractivity contribution >= 4 is 28.4 Å². The lowest BCUT2D eigenvalue weighted by molar-refractivity contribution is -0.145. The lowest BCUT2D eigenvalue weighted by Crippen LogP contribution is -2.45. The van der Waals surface area contributed by atoms with Gasteiger partial charge >= 0.3 is 0 Å². The maximum absolute atomic E-state index is 10.9. The summed E-state index contributed by atoms with van der Waals surface area (Å²) < 4.78 is -1.36. The quantitative estimate of drug-likeness (QED) is 0.280. The van der Waals surface area contributed by atoms with Crippen LogP contribution < -0.4 is 0 Å². The summed E-state index contributed by atoms with van der Waals surface area (Å²) >= 11 is 1.38. The van der Waals surface area contributed by atoms with Crippen LogP contribution in [-0.2, 0) is 4.79 Å².